The first-order valence-corrected chi connectivity index (χ1v) is 10.5. The molecule has 1 spiro atoms. The smallest absolute Gasteiger partial charge is 0.0652 e. The van der Waals surface area contributed by atoms with Crippen LogP contribution in [0.3, 0.4) is 0 Å². The van der Waals surface area contributed by atoms with Crippen LogP contribution in [-0.4, -0.2) is 61.3 Å². The highest BCUT2D eigenvalue weighted by Crippen LogP contribution is 2.32. The Morgan fingerprint density at radius 1 is 0.741 bits per heavy atom. The molecule has 0 N–H and O–H groups in total. The Bertz CT molecular complexity index is 680. The van der Waals surface area contributed by atoms with E-state index >= 15 is 0 Å². The van der Waals surface area contributed by atoms with Crippen LogP contribution in [0.25, 0.3) is 0 Å². The summed E-state index contributed by atoms with van der Waals surface area (Å²) >= 11 is 0. The van der Waals surface area contributed by atoms with Gasteiger partial charge in [0.2, 0.25) is 0 Å². The van der Waals surface area contributed by atoms with Crippen molar-refractivity contribution in [2.24, 2.45) is 0 Å². The van der Waals surface area contributed by atoms with Gasteiger partial charge in [0, 0.05) is 25.2 Å². The predicted octanol–water partition coefficient (Wildman–Crippen LogP) is 3.64. The van der Waals surface area contributed by atoms with Crippen molar-refractivity contribution >= 4 is 0 Å². The van der Waals surface area contributed by atoms with Crippen molar-refractivity contribution in [2.45, 2.75) is 31.2 Å². The fourth-order valence-electron chi connectivity index (χ4n) is 4.61. The van der Waals surface area contributed by atoms with Gasteiger partial charge in [-0.15, -0.1) is 0 Å². The van der Waals surface area contributed by atoms with Gasteiger partial charge in [-0.05, 0) is 49.9 Å². The minimum Gasteiger partial charge on any atom is -0.378 e. The van der Waals surface area contributed by atoms with Crippen LogP contribution in [-0.2, 0) is 17.6 Å². The van der Waals surface area contributed by atoms with Crippen LogP contribution >= 0.6 is 0 Å². The number of ether oxygens (including phenoxy) is 1. The lowest BCUT2D eigenvalue weighted by Gasteiger charge is -2.51. The van der Waals surface area contributed by atoms with E-state index < -0.39 is 0 Å². The Hall–Kier alpha value is -1.68. The Morgan fingerprint density at radius 2 is 1.33 bits per heavy atom. The highest BCUT2D eigenvalue weighted by atomic mass is 16.5. The van der Waals surface area contributed by atoms with Crippen molar-refractivity contribution in [1.82, 2.24) is 9.80 Å². The van der Waals surface area contributed by atoms with Crippen LogP contribution in [0.2, 0.25) is 0 Å². The Kier molecular flexibility index (Phi) is 6.23. The van der Waals surface area contributed by atoms with Crippen molar-refractivity contribution in [3.8, 4) is 0 Å². The lowest BCUT2D eigenvalue weighted by atomic mass is 9.85. The van der Waals surface area contributed by atoms with Crippen LogP contribution in [0.1, 0.15) is 24.0 Å². The van der Waals surface area contributed by atoms with Crippen LogP contribution in [0.15, 0.2) is 60.7 Å². The van der Waals surface area contributed by atoms with E-state index in [2.05, 4.69) is 70.5 Å². The molecule has 2 saturated heterocycles. The average Bonchev–Trinajstić information content (AvgIpc) is 2.74. The van der Waals surface area contributed by atoms with Gasteiger partial charge < -0.3 is 9.64 Å². The minimum absolute atomic E-state index is 0.260. The molecule has 144 valence electrons. The third-order valence-electron chi connectivity index (χ3n) is 6.41. The van der Waals surface area contributed by atoms with E-state index in [9.17, 15) is 0 Å². The molecule has 0 saturated carbocycles. The standard InChI is InChI=1S/C24H32N2O/c1-3-7-22(8-4-1)11-15-25-17-13-24(14-18-25)21-27-20-19-26(24)16-12-23-9-5-2-6-10-23/h1-10H,11-21H2. The molecule has 3 nitrogen and oxygen atoms in total. The quantitative estimate of drug-likeness (QED) is 0.778. The normalized spacial score (nSPS) is 20.7. The number of rotatable bonds is 6. The Morgan fingerprint density at radius 3 is 1.96 bits per heavy atom. The molecule has 0 atom stereocenters. The average molecular weight is 365 g/mol. The van der Waals surface area contributed by atoms with Gasteiger partial charge in [-0.2, -0.15) is 0 Å². The van der Waals surface area contributed by atoms with Gasteiger partial charge in [-0.3, -0.25) is 4.90 Å². The summed E-state index contributed by atoms with van der Waals surface area (Å²) in [6.07, 6.45) is 4.76. The topological polar surface area (TPSA) is 15.7 Å². The molecular weight excluding hydrogens is 332 g/mol. The molecule has 2 aromatic rings. The number of piperidine rings is 1. The van der Waals surface area contributed by atoms with Crippen molar-refractivity contribution < 1.29 is 4.74 Å². The summed E-state index contributed by atoms with van der Waals surface area (Å²) in [5.74, 6) is 0. The molecular formula is C24H32N2O. The fraction of sp³-hybridized carbons (Fsp3) is 0.500. The number of hydrogen-bond donors (Lipinski definition) is 0. The molecule has 2 aliphatic heterocycles. The highest BCUT2D eigenvalue weighted by molar-refractivity contribution is 5.16. The number of likely N-dealkylation sites (tertiary alicyclic amines) is 1. The summed E-state index contributed by atoms with van der Waals surface area (Å²) in [6, 6.07) is 21.8. The SMILES string of the molecule is c1ccc(CCN2CCC3(CC2)COCCN3CCc2ccccc2)cc1. The Labute approximate surface area is 163 Å². The molecule has 2 heterocycles. The molecule has 27 heavy (non-hydrogen) atoms. The number of morpholine rings is 1. The molecule has 4 rings (SSSR count). The molecule has 2 aliphatic rings. The van der Waals surface area contributed by atoms with Crippen LogP contribution in [0.5, 0.6) is 0 Å². The zero-order valence-corrected chi connectivity index (χ0v) is 16.4. The largest absolute Gasteiger partial charge is 0.378 e. The van der Waals surface area contributed by atoms with Gasteiger partial charge >= 0.3 is 0 Å². The van der Waals surface area contributed by atoms with E-state index in [1.165, 1.54) is 43.6 Å². The monoisotopic (exact) mass is 364 g/mol. The molecule has 0 bridgehead atoms. The molecule has 0 unspecified atom stereocenters. The van der Waals surface area contributed by atoms with Crippen LogP contribution in [0.4, 0.5) is 0 Å². The summed E-state index contributed by atoms with van der Waals surface area (Å²) < 4.78 is 5.95. The van der Waals surface area contributed by atoms with E-state index in [4.69, 9.17) is 4.74 Å². The first-order valence-electron chi connectivity index (χ1n) is 10.5. The number of nitrogens with zero attached hydrogens (tertiary/aromatic N) is 2. The molecule has 2 aromatic carbocycles. The number of benzene rings is 2. The van der Waals surface area contributed by atoms with E-state index in [1.807, 2.05) is 0 Å². The van der Waals surface area contributed by atoms with Crippen LogP contribution in [0, 0.1) is 0 Å². The summed E-state index contributed by atoms with van der Waals surface area (Å²) in [7, 11) is 0. The zero-order valence-electron chi connectivity index (χ0n) is 16.4. The summed E-state index contributed by atoms with van der Waals surface area (Å²) in [4.78, 5) is 5.38. The molecule has 0 aliphatic carbocycles. The fourth-order valence-corrected chi connectivity index (χ4v) is 4.61. The number of hydrogen-bond acceptors (Lipinski definition) is 3. The summed E-state index contributed by atoms with van der Waals surface area (Å²) in [5, 5.41) is 0. The van der Waals surface area contributed by atoms with Gasteiger partial charge in [0.05, 0.1) is 13.2 Å². The third-order valence-corrected chi connectivity index (χ3v) is 6.41. The molecule has 0 aromatic heterocycles. The maximum Gasteiger partial charge on any atom is 0.0652 e. The summed E-state index contributed by atoms with van der Waals surface area (Å²) in [5.41, 5.74) is 3.15. The van der Waals surface area contributed by atoms with Crippen molar-refractivity contribution in [1.29, 1.82) is 0 Å². The van der Waals surface area contributed by atoms with Crippen molar-refractivity contribution in [3.63, 3.8) is 0 Å². The second kappa shape index (κ2) is 9.01. The molecule has 3 heteroatoms. The van der Waals surface area contributed by atoms with Crippen molar-refractivity contribution in [2.75, 3.05) is 45.9 Å². The highest BCUT2D eigenvalue weighted by Gasteiger charge is 2.41. The van der Waals surface area contributed by atoms with E-state index in [0.29, 0.717) is 0 Å². The summed E-state index contributed by atoms with van der Waals surface area (Å²) in [6.45, 7) is 7.58. The maximum atomic E-state index is 5.95. The van der Waals surface area contributed by atoms with Gasteiger partial charge in [0.15, 0.2) is 0 Å². The van der Waals surface area contributed by atoms with Gasteiger partial charge in [0.1, 0.15) is 0 Å². The molecule has 2 fully saturated rings. The second-order valence-corrected chi connectivity index (χ2v) is 8.08. The second-order valence-electron chi connectivity index (χ2n) is 8.08. The van der Waals surface area contributed by atoms with E-state index in [1.54, 1.807) is 0 Å². The van der Waals surface area contributed by atoms with Crippen molar-refractivity contribution in [3.05, 3.63) is 71.8 Å². The first kappa shape index (κ1) is 18.7. The lowest BCUT2D eigenvalue weighted by molar-refractivity contribution is -0.0940. The maximum absolute atomic E-state index is 5.95. The van der Waals surface area contributed by atoms with Gasteiger partial charge in [-0.1, -0.05) is 60.7 Å². The van der Waals surface area contributed by atoms with E-state index in [-0.39, 0.29) is 5.54 Å². The molecule has 0 radical (unpaired) electrons. The minimum atomic E-state index is 0.260. The van der Waals surface area contributed by atoms with E-state index in [0.717, 1.165) is 39.1 Å². The third kappa shape index (κ3) is 4.78. The van der Waals surface area contributed by atoms with Crippen LogP contribution < -0.4 is 0 Å². The van der Waals surface area contributed by atoms with Gasteiger partial charge in [-0.25, -0.2) is 0 Å². The predicted molar refractivity (Wildman–Crippen MR) is 111 cm³/mol. The lowest BCUT2D eigenvalue weighted by Crippen LogP contribution is -2.61. The Balaban J connectivity index is 1.30. The molecule has 0 amide bonds. The van der Waals surface area contributed by atoms with Gasteiger partial charge in [0.25, 0.3) is 0 Å². The zero-order chi connectivity index (χ0) is 18.4. The first-order chi connectivity index (χ1) is 13.3.